The van der Waals surface area contributed by atoms with Crippen molar-refractivity contribution in [2.75, 3.05) is 26.2 Å². The Morgan fingerprint density at radius 1 is 1.17 bits per heavy atom. The molecule has 1 aliphatic rings. The van der Waals surface area contributed by atoms with Gasteiger partial charge < -0.3 is 4.90 Å². The molecule has 1 aliphatic heterocycles. The maximum atomic E-state index is 12.4. The van der Waals surface area contributed by atoms with Crippen LogP contribution in [0, 0.1) is 13.8 Å². The first-order valence-corrected chi connectivity index (χ1v) is 9.45. The maximum Gasteiger partial charge on any atom is 0.222 e. The van der Waals surface area contributed by atoms with Gasteiger partial charge in [0.15, 0.2) is 0 Å². The largest absolute Gasteiger partial charge is 0.340 e. The van der Waals surface area contributed by atoms with Gasteiger partial charge in [0.2, 0.25) is 5.91 Å². The summed E-state index contributed by atoms with van der Waals surface area (Å²) in [5.74, 6) is 0.280. The highest BCUT2D eigenvalue weighted by atomic mass is 32.1. The first-order chi connectivity index (χ1) is 11.6. The number of aryl methyl sites for hydroxylation is 3. The van der Waals surface area contributed by atoms with Gasteiger partial charge in [-0.05, 0) is 31.4 Å². The summed E-state index contributed by atoms with van der Waals surface area (Å²) in [6.45, 7) is 8.58. The minimum atomic E-state index is 0.280. The summed E-state index contributed by atoms with van der Waals surface area (Å²) < 4.78 is 0. The standard InChI is InChI=1S/C19H25N3OS/c1-15-5-3-4-6-17(15)7-8-19(23)22-11-9-21(10-12-22)13-18-14-24-16(2)20-18/h3-6,14H,7-13H2,1-2H3. The number of benzene rings is 1. The van der Waals surface area contributed by atoms with E-state index < -0.39 is 0 Å². The lowest BCUT2D eigenvalue weighted by molar-refractivity contribution is -0.133. The summed E-state index contributed by atoms with van der Waals surface area (Å²) in [5, 5.41) is 3.25. The zero-order valence-electron chi connectivity index (χ0n) is 14.5. The lowest BCUT2D eigenvalue weighted by Crippen LogP contribution is -2.48. The van der Waals surface area contributed by atoms with E-state index in [4.69, 9.17) is 0 Å². The Bertz CT molecular complexity index is 689. The van der Waals surface area contributed by atoms with Gasteiger partial charge in [0, 0.05) is 44.5 Å². The van der Waals surface area contributed by atoms with Gasteiger partial charge in [0.25, 0.3) is 0 Å². The number of piperazine rings is 1. The maximum absolute atomic E-state index is 12.4. The van der Waals surface area contributed by atoms with E-state index in [1.165, 1.54) is 11.1 Å². The monoisotopic (exact) mass is 343 g/mol. The summed E-state index contributed by atoms with van der Waals surface area (Å²) in [6.07, 6.45) is 1.44. The zero-order chi connectivity index (χ0) is 16.9. The SMILES string of the molecule is Cc1nc(CN2CCN(C(=O)CCc3ccccc3C)CC2)cs1. The van der Waals surface area contributed by atoms with Crippen LogP contribution in [0.4, 0.5) is 0 Å². The molecule has 2 heterocycles. The number of carbonyl (C=O) groups excluding carboxylic acids is 1. The topological polar surface area (TPSA) is 36.4 Å². The molecule has 0 spiro atoms. The van der Waals surface area contributed by atoms with Gasteiger partial charge >= 0.3 is 0 Å². The van der Waals surface area contributed by atoms with Gasteiger partial charge in [-0.25, -0.2) is 4.98 Å². The fraction of sp³-hybridized carbons (Fsp3) is 0.474. The van der Waals surface area contributed by atoms with Gasteiger partial charge in [-0.3, -0.25) is 9.69 Å². The van der Waals surface area contributed by atoms with Gasteiger partial charge in [0.05, 0.1) is 10.7 Å². The molecule has 3 rings (SSSR count). The van der Waals surface area contributed by atoms with Crippen molar-refractivity contribution in [2.45, 2.75) is 33.2 Å². The van der Waals surface area contributed by atoms with Gasteiger partial charge in [-0.1, -0.05) is 24.3 Å². The molecule has 0 unspecified atom stereocenters. The molecule has 1 fully saturated rings. The number of hydrogen-bond donors (Lipinski definition) is 0. The van der Waals surface area contributed by atoms with Crippen LogP contribution in [0.5, 0.6) is 0 Å². The highest BCUT2D eigenvalue weighted by molar-refractivity contribution is 7.09. The lowest BCUT2D eigenvalue weighted by Gasteiger charge is -2.34. The summed E-state index contributed by atoms with van der Waals surface area (Å²) in [5.41, 5.74) is 3.70. The van der Waals surface area contributed by atoms with Gasteiger partial charge in [0.1, 0.15) is 0 Å². The minimum Gasteiger partial charge on any atom is -0.340 e. The summed E-state index contributed by atoms with van der Waals surface area (Å²) in [7, 11) is 0. The van der Waals surface area contributed by atoms with E-state index in [-0.39, 0.29) is 5.91 Å². The number of amides is 1. The third-order valence-corrected chi connectivity index (χ3v) is 5.47. The van der Waals surface area contributed by atoms with Crippen LogP contribution in [0.15, 0.2) is 29.6 Å². The van der Waals surface area contributed by atoms with Gasteiger partial charge in [-0.2, -0.15) is 0 Å². The van der Waals surface area contributed by atoms with Crippen molar-refractivity contribution in [2.24, 2.45) is 0 Å². The van der Waals surface area contributed by atoms with E-state index in [2.05, 4.69) is 34.3 Å². The molecule has 1 amide bonds. The zero-order valence-corrected chi connectivity index (χ0v) is 15.3. The number of hydrogen-bond acceptors (Lipinski definition) is 4. The molecule has 5 heteroatoms. The van der Waals surface area contributed by atoms with Crippen molar-refractivity contribution in [1.29, 1.82) is 0 Å². The predicted molar refractivity (Wildman–Crippen MR) is 98.2 cm³/mol. The van der Waals surface area contributed by atoms with Crippen LogP contribution < -0.4 is 0 Å². The van der Waals surface area contributed by atoms with Crippen LogP contribution in [-0.2, 0) is 17.8 Å². The quantitative estimate of drug-likeness (QED) is 0.837. The number of rotatable bonds is 5. The molecular weight excluding hydrogens is 318 g/mol. The van der Waals surface area contributed by atoms with E-state index in [1.54, 1.807) is 11.3 Å². The summed E-state index contributed by atoms with van der Waals surface area (Å²) in [4.78, 5) is 21.4. The van der Waals surface area contributed by atoms with E-state index in [0.717, 1.165) is 49.8 Å². The Kier molecular flexibility index (Phi) is 5.63. The lowest BCUT2D eigenvalue weighted by atomic mass is 10.0. The third kappa shape index (κ3) is 4.42. The van der Waals surface area contributed by atoms with E-state index in [9.17, 15) is 4.79 Å². The molecule has 24 heavy (non-hydrogen) atoms. The molecule has 0 saturated carbocycles. The molecule has 1 aromatic carbocycles. The van der Waals surface area contributed by atoms with Crippen molar-refractivity contribution >= 4 is 17.2 Å². The average molecular weight is 343 g/mol. The first kappa shape index (κ1) is 17.1. The molecule has 2 aromatic rings. The fourth-order valence-electron chi connectivity index (χ4n) is 3.16. The van der Waals surface area contributed by atoms with Crippen LogP contribution in [0.25, 0.3) is 0 Å². The van der Waals surface area contributed by atoms with Crippen molar-refractivity contribution in [3.63, 3.8) is 0 Å². The van der Waals surface area contributed by atoms with Crippen LogP contribution in [0.2, 0.25) is 0 Å². The Balaban J connectivity index is 1.44. The van der Waals surface area contributed by atoms with Crippen LogP contribution in [0.1, 0.15) is 28.2 Å². The molecule has 1 saturated heterocycles. The molecule has 128 valence electrons. The van der Waals surface area contributed by atoms with Crippen LogP contribution in [0.3, 0.4) is 0 Å². The van der Waals surface area contributed by atoms with Crippen LogP contribution in [-0.4, -0.2) is 46.9 Å². The molecule has 4 nitrogen and oxygen atoms in total. The second-order valence-electron chi connectivity index (χ2n) is 6.44. The Hall–Kier alpha value is -1.72. The number of nitrogens with zero attached hydrogens (tertiary/aromatic N) is 3. The van der Waals surface area contributed by atoms with E-state index in [0.29, 0.717) is 6.42 Å². The Morgan fingerprint density at radius 3 is 2.58 bits per heavy atom. The summed E-state index contributed by atoms with van der Waals surface area (Å²) in [6, 6.07) is 8.32. The molecule has 0 N–H and O–H groups in total. The fourth-order valence-corrected chi connectivity index (χ4v) is 3.76. The van der Waals surface area contributed by atoms with Crippen molar-refractivity contribution < 1.29 is 4.79 Å². The molecular formula is C19H25N3OS. The Morgan fingerprint density at radius 2 is 1.92 bits per heavy atom. The van der Waals surface area contributed by atoms with Crippen molar-refractivity contribution in [3.05, 3.63) is 51.5 Å². The van der Waals surface area contributed by atoms with Crippen molar-refractivity contribution in [3.8, 4) is 0 Å². The number of aromatic nitrogens is 1. The molecule has 0 atom stereocenters. The molecule has 0 aliphatic carbocycles. The molecule has 0 radical (unpaired) electrons. The van der Waals surface area contributed by atoms with Crippen molar-refractivity contribution in [1.82, 2.24) is 14.8 Å². The highest BCUT2D eigenvalue weighted by Crippen LogP contribution is 2.14. The highest BCUT2D eigenvalue weighted by Gasteiger charge is 2.21. The molecule has 1 aromatic heterocycles. The second-order valence-corrected chi connectivity index (χ2v) is 7.50. The number of carbonyl (C=O) groups is 1. The second kappa shape index (κ2) is 7.90. The predicted octanol–water partition coefficient (Wildman–Crippen LogP) is 3.04. The Labute approximate surface area is 148 Å². The third-order valence-electron chi connectivity index (χ3n) is 4.65. The summed E-state index contributed by atoms with van der Waals surface area (Å²) >= 11 is 1.70. The first-order valence-electron chi connectivity index (χ1n) is 8.57. The molecule has 0 bridgehead atoms. The average Bonchev–Trinajstić information content (AvgIpc) is 2.99. The minimum absolute atomic E-state index is 0.280. The van der Waals surface area contributed by atoms with Crippen LogP contribution >= 0.6 is 11.3 Å². The normalized spacial score (nSPS) is 15.7. The van der Waals surface area contributed by atoms with Gasteiger partial charge in [-0.15, -0.1) is 11.3 Å². The van der Waals surface area contributed by atoms with E-state index >= 15 is 0 Å². The number of thiazole rings is 1. The van der Waals surface area contributed by atoms with E-state index in [1.807, 2.05) is 24.0 Å². The smallest absolute Gasteiger partial charge is 0.222 e.